The highest BCUT2D eigenvalue weighted by atomic mass is 15.2. The molecule has 0 aromatic heterocycles. The first-order valence-corrected chi connectivity index (χ1v) is 7.36. The Morgan fingerprint density at radius 1 is 1.24 bits per heavy atom. The van der Waals surface area contributed by atoms with Crippen LogP contribution in [-0.2, 0) is 0 Å². The summed E-state index contributed by atoms with van der Waals surface area (Å²) < 4.78 is 0. The highest BCUT2D eigenvalue weighted by Gasteiger charge is 2.34. The zero-order chi connectivity index (χ0) is 13.1. The summed E-state index contributed by atoms with van der Waals surface area (Å²) in [5, 5.41) is 3.68. The van der Waals surface area contributed by atoms with Gasteiger partial charge in [-0.2, -0.15) is 0 Å². The molecule has 0 aromatic rings. The molecule has 0 radical (unpaired) electrons. The second kappa shape index (κ2) is 6.19. The number of hydrogen-bond donors (Lipinski definition) is 1. The van der Waals surface area contributed by atoms with Gasteiger partial charge in [-0.3, -0.25) is 4.90 Å². The van der Waals surface area contributed by atoms with Crippen LogP contribution in [-0.4, -0.2) is 35.6 Å². The van der Waals surface area contributed by atoms with Gasteiger partial charge < -0.3 is 5.32 Å². The predicted molar refractivity (Wildman–Crippen MR) is 76.4 cm³/mol. The maximum Gasteiger partial charge on any atom is 0.0246 e. The fraction of sp³-hybridized carbons (Fsp3) is 1.00. The summed E-state index contributed by atoms with van der Waals surface area (Å²) >= 11 is 0. The maximum absolute atomic E-state index is 3.68. The lowest BCUT2D eigenvalue weighted by Gasteiger charge is -2.36. The van der Waals surface area contributed by atoms with Gasteiger partial charge in [0.25, 0.3) is 0 Å². The smallest absolute Gasteiger partial charge is 0.0246 e. The third kappa shape index (κ3) is 5.39. The van der Waals surface area contributed by atoms with Crippen molar-refractivity contribution in [1.29, 1.82) is 0 Å². The van der Waals surface area contributed by atoms with E-state index in [9.17, 15) is 0 Å². The van der Waals surface area contributed by atoms with Crippen LogP contribution in [0.1, 0.15) is 60.8 Å². The van der Waals surface area contributed by atoms with Crippen molar-refractivity contribution in [3.8, 4) is 0 Å². The van der Waals surface area contributed by atoms with Gasteiger partial charge in [0.2, 0.25) is 0 Å². The first-order chi connectivity index (χ1) is 7.85. The van der Waals surface area contributed by atoms with Gasteiger partial charge in [-0.25, -0.2) is 0 Å². The highest BCUT2D eigenvalue weighted by Crippen LogP contribution is 2.30. The molecule has 0 heterocycles. The summed E-state index contributed by atoms with van der Waals surface area (Å²) in [6, 6.07) is 1.57. The third-order valence-corrected chi connectivity index (χ3v) is 3.53. The third-order valence-electron chi connectivity index (χ3n) is 3.53. The van der Waals surface area contributed by atoms with Crippen LogP contribution in [0.4, 0.5) is 0 Å². The summed E-state index contributed by atoms with van der Waals surface area (Å²) in [5.74, 6) is 0.733. The fourth-order valence-corrected chi connectivity index (χ4v) is 2.43. The summed E-state index contributed by atoms with van der Waals surface area (Å²) in [6.07, 6.45) is 4.10. The molecule has 1 N–H and O–H groups in total. The van der Waals surface area contributed by atoms with Gasteiger partial charge >= 0.3 is 0 Å². The number of nitrogens with zero attached hydrogens (tertiary/aromatic N) is 1. The van der Waals surface area contributed by atoms with Crippen LogP contribution in [0.25, 0.3) is 0 Å². The second-order valence-electron chi connectivity index (χ2n) is 6.91. The summed E-state index contributed by atoms with van der Waals surface area (Å²) in [4.78, 5) is 2.75. The first-order valence-electron chi connectivity index (χ1n) is 7.36. The highest BCUT2D eigenvalue weighted by molar-refractivity contribution is 4.91. The SMILES string of the molecule is CCCN(C1CC1)C(CNC(C)(C)C)C(C)C. The molecule has 1 atom stereocenters. The van der Waals surface area contributed by atoms with Gasteiger partial charge in [-0.1, -0.05) is 20.8 Å². The van der Waals surface area contributed by atoms with E-state index in [0.717, 1.165) is 18.5 Å². The van der Waals surface area contributed by atoms with E-state index in [1.807, 2.05) is 0 Å². The Bertz CT molecular complexity index is 213. The molecule has 102 valence electrons. The second-order valence-corrected chi connectivity index (χ2v) is 6.91. The van der Waals surface area contributed by atoms with Crippen molar-refractivity contribution in [3.05, 3.63) is 0 Å². The molecule has 1 saturated carbocycles. The molecule has 0 saturated heterocycles. The molecule has 17 heavy (non-hydrogen) atoms. The van der Waals surface area contributed by atoms with Gasteiger partial charge in [0, 0.05) is 24.2 Å². The Morgan fingerprint density at radius 3 is 2.18 bits per heavy atom. The van der Waals surface area contributed by atoms with Crippen molar-refractivity contribution in [2.24, 2.45) is 5.92 Å². The molecule has 2 heteroatoms. The molecule has 2 nitrogen and oxygen atoms in total. The quantitative estimate of drug-likeness (QED) is 0.735. The van der Waals surface area contributed by atoms with Gasteiger partial charge in [-0.05, 0) is 52.5 Å². The van der Waals surface area contributed by atoms with Crippen LogP contribution in [0.2, 0.25) is 0 Å². The number of hydrogen-bond acceptors (Lipinski definition) is 2. The average molecular weight is 240 g/mol. The van der Waals surface area contributed by atoms with Crippen LogP contribution in [0.5, 0.6) is 0 Å². The van der Waals surface area contributed by atoms with E-state index in [-0.39, 0.29) is 5.54 Å². The van der Waals surface area contributed by atoms with Gasteiger partial charge in [0.15, 0.2) is 0 Å². The minimum atomic E-state index is 0.231. The largest absolute Gasteiger partial charge is 0.311 e. The summed E-state index contributed by atoms with van der Waals surface area (Å²) in [5.41, 5.74) is 0.231. The molecule has 0 aliphatic heterocycles. The monoisotopic (exact) mass is 240 g/mol. The minimum absolute atomic E-state index is 0.231. The molecule has 1 fully saturated rings. The van der Waals surface area contributed by atoms with Gasteiger partial charge in [0.05, 0.1) is 0 Å². The van der Waals surface area contributed by atoms with Crippen LogP contribution in [0, 0.1) is 5.92 Å². The lowest BCUT2D eigenvalue weighted by Crippen LogP contribution is -2.51. The normalized spacial score (nSPS) is 19.1. The predicted octanol–water partition coefficient (Wildman–Crippen LogP) is 3.27. The lowest BCUT2D eigenvalue weighted by atomic mass is 10.00. The minimum Gasteiger partial charge on any atom is -0.311 e. The van der Waals surface area contributed by atoms with Gasteiger partial charge in [-0.15, -0.1) is 0 Å². The summed E-state index contributed by atoms with van der Waals surface area (Å²) in [6.45, 7) is 16.2. The van der Waals surface area contributed by atoms with Crippen molar-refractivity contribution in [2.45, 2.75) is 78.4 Å². The molecule has 0 amide bonds. The van der Waals surface area contributed by atoms with E-state index >= 15 is 0 Å². The van der Waals surface area contributed by atoms with Crippen LogP contribution in [0.3, 0.4) is 0 Å². The zero-order valence-corrected chi connectivity index (χ0v) is 12.7. The van der Waals surface area contributed by atoms with E-state index < -0.39 is 0 Å². The van der Waals surface area contributed by atoms with Crippen molar-refractivity contribution in [3.63, 3.8) is 0 Å². The Kier molecular flexibility index (Phi) is 5.46. The number of rotatable bonds is 7. The summed E-state index contributed by atoms with van der Waals surface area (Å²) in [7, 11) is 0. The fourth-order valence-electron chi connectivity index (χ4n) is 2.43. The van der Waals surface area contributed by atoms with E-state index in [2.05, 4.69) is 51.8 Å². The van der Waals surface area contributed by atoms with E-state index in [4.69, 9.17) is 0 Å². The standard InChI is InChI=1S/C15H32N2/c1-7-10-17(13-8-9-13)14(12(2)3)11-16-15(4,5)6/h12-14,16H,7-11H2,1-6H3. The lowest BCUT2D eigenvalue weighted by molar-refractivity contribution is 0.135. The Morgan fingerprint density at radius 2 is 1.82 bits per heavy atom. The van der Waals surface area contributed by atoms with E-state index in [1.54, 1.807) is 0 Å². The molecule has 1 rings (SSSR count). The molecule has 0 bridgehead atoms. The van der Waals surface area contributed by atoms with Crippen LogP contribution >= 0.6 is 0 Å². The molecule has 1 aliphatic rings. The van der Waals surface area contributed by atoms with Crippen LogP contribution < -0.4 is 5.32 Å². The van der Waals surface area contributed by atoms with Crippen molar-refractivity contribution in [2.75, 3.05) is 13.1 Å². The maximum atomic E-state index is 3.68. The molecular formula is C15H32N2. The topological polar surface area (TPSA) is 15.3 Å². The average Bonchev–Trinajstić information content (AvgIpc) is 2.97. The van der Waals surface area contributed by atoms with Crippen molar-refractivity contribution < 1.29 is 0 Å². The molecule has 0 aromatic carbocycles. The Labute approximate surface area is 108 Å². The Balaban J connectivity index is 2.55. The van der Waals surface area contributed by atoms with Crippen LogP contribution in [0.15, 0.2) is 0 Å². The van der Waals surface area contributed by atoms with Crippen molar-refractivity contribution >= 4 is 0 Å². The first kappa shape index (κ1) is 15.0. The molecule has 1 unspecified atom stereocenters. The van der Waals surface area contributed by atoms with Crippen molar-refractivity contribution in [1.82, 2.24) is 10.2 Å². The molecule has 1 aliphatic carbocycles. The molecule has 0 spiro atoms. The number of nitrogens with one attached hydrogen (secondary N) is 1. The zero-order valence-electron chi connectivity index (χ0n) is 12.7. The van der Waals surface area contributed by atoms with E-state index in [0.29, 0.717) is 6.04 Å². The Hall–Kier alpha value is -0.0800. The molecular weight excluding hydrogens is 208 g/mol. The van der Waals surface area contributed by atoms with Gasteiger partial charge in [0.1, 0.15) is 0 Å². The van der Waals surface area contributed by atoms with E-state index in [1.165, 1.54) is 25.8 Å².